The predicted molar refractivity (Wildman–Crippen MR) is 97.4 cm³/mol. The van der Waals surface area contributed by atoms with Gasteiger partial charge in [-0.2, -0.15) is 0 Å². The molecule has 0 saturated carbocycles. The van der Waals surface area contributed by atoms with Gasteiger partial charge in [0, 0.05) is 16.2 Å². The zero-order chi connectivity index (χ0) is 17.7. The Hall–Kier alpha value is -1.70. The molecule has 0 heterocycles. The normalized spacial score (nSPS) is 10.8. The number of nitrogens with one attached hydrogen (secondary N) is 1. The maximum atomic E-state index is 13.2. The van der Waals surface area contributed by atoms with Gasteiger partial charge in [-0.1, -0.05) is 23.8 Å². The fraction of sp³-hybridized carbons (Fsp3) is 0.278. The number of aryl methyl sites for hydroxylation is 1. The monoisotopic (exact) mass is 445 g/mol. The largest absolute Gasteiger partial charge is 0.488 e. The van der Waals surface area contributed by atoms with E-state index in [9.17, 15) is 13.6 Å². The molecule has 0 saturated heterocycles. The molecule has 1 N–H and O–H groups in total. The molecule has 0 unspecified atom stereocenters. The van der Waals surface area contributed by atoms with E-state index >= 15 is 0 Å². The van der Waals surface area contributed by atoms with Gasteiger partial charge in [0.25, 0.3) is 6.43 Å². The van der Waals surface area contributed by atoms with Crippen LogP contribution in [0.25, 0.3) is 0 Å². The van der Waals surface area contributed by atoms with E-state index in [0.717, 1.165) is 20.3 Å². The fourth-order valence-electron chi connectivity index (χ4n) is 2.31. The number of amides is 1. The highest BCUT2D eigenvalue weighted by Crippen LogP contribution is 2.31. The molecule has 0 aliphatic heterocycles. The van der Waals surface area contributed by atoms with Gasteiger partial charge in [0.1, 0.15) is 12.4 Å². The number of benzene rings is 2. The van der Waals surface area contributed by atoms with Crippen molar-refractivity contribution < 1.29 is 18.3 Å². The van der Waals surface area contributed by atoms with E-state index in [1.807, 2.05) is 18.2 Å². The maximum Gasteiger partial charge on any atom is 0.267 e. The molecule has 1 amide bonds. The Morgan fingerprint density at radius 2 is 2.04 bits per heavy atom. The Morgan fingerprint density at radius 3 is 2.71 bits per heavy atom. The summed E-state index contributed by atoms with van der Waals surface area (Å²) in [5.41, 5.74) is 2.30. The minimum atomic E-state index is -2.60. The second kappa shape index (κ2) is 8.41. The van der Waals surface area contributed by atoms with Crippen LogP contribution in [0.15, 0.2) is 36.4 Å². The first-order valence-electron chi connectivity index (χ1n) is 7.40. The summed E-state index contributed by atoms with van der Waals surface area (Å²) >= 11 is 2.16. The third-order valence-corrected chi connectivity index (χ3v) is 4.63. The van der Waals surface area contributed by atoms with E-state index in [2.05, 4.69) is 27.9 Å². The van der Waals surface area contributed by atoms with Crippen molar-refractivity contribution in [1.29, 1.82) is 0 Å². The van der Waals surface area contributed by atoms with Gasteiger partial charge in [-0.25, -0.2) is 8.78 Å². The summed E-state index contributed by atoms with van der Waals surface area (Å²) in [7, 11) is 1.58. The van der Waals surface area contributed by atoms with Gasteiger partial charge in [-0.3, -0.25) is 4.79 Å². The van der Waals surface area contributed by atoms with Gasteiger partial charge < -0.3 is 10.1 Å². The third-order valence-electron chi connectivity index (χ3n) is 3.62. The number of rotatable bonds is 6. The van der Waals surface area contributed by atoms with Crippen LogP contribution in [-0.2, 0) is 17.8 Å². The summed E-state index contributed by atoms with van der Waals surface area (Å²) < 4.78 is 32.9. The lowest BCUT2D eigenvalue weighted by Crippen LogP contribution is -2.21. The average Bonchev–Trinajstić information content (AvgIpc) is 2.55. The van der Waals surface area contributed by atoms with Crippen LogP contribution in [0.1, 0.15) is 28.7 Å². The number of ether oxygens (including phenoxy) is 1. The average molecular weight is 445 g/mol. The first-order valence-corrected chi connectivity index (χ1v) is 8.48. The second-order valence-corrected chi connectivity index (χ2v) is 6.52. The van der Waals surface area contributed by atoms with Crippen molar-refractivity contribution in [2.45, 2.75) is 26.4 Å². The standard InChI is InChI=1S/C18H18F2INO2/c1-11-6-7-16(13(8-11)18(19)20)24-10-14-12(9-17(23)22-2)4-3-5-15(14)21/h3-8,18H,9-10H2,1-2H3,(H,22,23). The molecule has 2 aromatic carbocycles. The highest BCUT2D eigenvalue weighted by molar-refractivity contribution is 14.1. The number of hydrogen-bond donors (Lipinski definition) is 1. The van der Waals surface area contributed by atoms with Crippen molar-refractivity contribution in [2.24, 2.45) is 0 Å². The lowest BCUT2D eigenvalue weighted by atomic mass is 10.0. The zero-order valence-electron chi connectivity index (χ0n) is 13.4. The molecule has 0 fully saturated rings. The van der Waals surface area contributed by atoms with Crippen molar-refractivity contribution in [3.05, 3.63) is 62.2 Å². The van der Waals surface area contributed by atoms with Gasteiger partial charge >= 0.3 is 0 Å². The van der Waals surface area contributed by atoms with Crippen molar-refractivity contribution in [3.8, 4) is 5.75 Å². The molecule has 0 aromatic heterocycles. The predicted octanol–water partition coefficient (Wildman–Crippen LogP) is 4.40. The van der Waals surface area contributed by atoms with Crippen molar-refractivity contribution >= 4 is 28.5 Å². The van der Waals surface area contributed by atoms with Crippen molar-refractivity contribution in [1.82, 2.24) is 5.32 Å². The molecule has 3 nitrogen and oxygen atoms in total. The van der Waals surface area contributed by atoms with Crippen LogP contribution < -0.4 is 10.1 Å². The third kappa shape index (κ3) is 4.66. The van der Waals surface area contributed by atoms with Crippen LogP contribution in [0.2, 0.25) is 0 Å². The minimum Gasteiger partial charge on any atom is -0.488 e. The summed E-state index contributed by atoms with van der Waals surface area (Å²) in [6.45, 7) is 1.89. The van der Waals surface area contributed by atoms with Crippen LogP contribution in [-0.4, -0.2) is 13.0 Å². The summed E-state index contributed by atoms with van der Waals surface area (Å²) in [6, 6.07) is 10.3. The summed E-state index contributed by atoms with van der Waals surface area (Å²) in [6.07, 6.45) is -2.37. The Labute approximate surface area is 153 Å². The Kier molecular flexibility index (Phi) is 6.53. The van der Waals surface area contributed by atoms with Crippen LogP contribution >= 0.6 is 22.6 Å². The van der Waals surface area contributed by atoms with Gasteiger partial charge in [0.15, 0.2) is 0 Å². The highest BCUT2D eigenvalue weighted by Gasteiger charge is 2.16. The van der Waals surface area contributed by atoms with Gasteiger partial charge in [0.2, 0.25) is 5.91 Å². The SMILES string of the molecule is CNC(=O)Cc1cccc(I)c1COc1ccc(C)cc1C(F)F. The van der Waals surface area contributed by atoms with E-state index in [-0.39, 0.29) is 30.2 Å². The highest BCUT2D eigenvalue weighted by atomic mass is 127. The lowest BCUT2D eigenvalue weighted by Gasteiger charge is -2.15. The molecule has 6 heteroatoms. The van der Waals surface area contributed by atoms with E-state index in [4.69, 9.17) is 4.74 Å². The number of likely N-dealkylation sites (N-methyl/N-ethyl adjacent to an activating group) is 1. The first kappa shape index (κ1) is 18.6. The van der Waals surface area contributed by atoms with Crippen LogP contribution in [0, 0.1) is 10.5 Å². The van der Waals surface area contributed by atoms with E-state index < -0.39 is 6.43 Å². The molecular weight excluding hydrogens is 427 g/mol. The molecule has 24 heavy (non-hydrogen) atoms. The Morgan fingerprint density at radius 1 is 1.29 bits per heavy atom. The number of carbonyl (C=O) groups is 1. The minimum absolute atomic E-state index is 0.109. The van der Waals surface area contributed by atoms with Crippen LogP contribution in [0.4, 0.5) is 8.78 Å². The van der Waals surface area contributed by atoms with Gasteiger partial charge in [-0.15, -0.1) is 0 Å². The summed E-state index contributed by atoms with van der Waals surface area (Å²) in [5.74, 6) is 0.0583. The fourth-order valence-corrected chi connectivity index (χ4v) is 3.02. The van der Waals surface area contributed by atoms with Crippen molar-refractivity contribution in [3.63, 3.8) is 0 Å². The first-order chi connectivity index (χ1) is 11.4. The molecule has 0 bridgehead atoms. The smallest absolute Gasteiger partial charge is 0.267 e. The molecule has 0 spiro atoms. The van der Waals surface area contributed by atoms with Gasteiger partial charge in [0.05, 0.1) is 12.0 Å². The topological polar surface area (TPSA) is 38.3 Å². The number of alkyl halides is 2. The second-order valence-electron chi connectivity index (χ2n) is 5.36. The van der Waals surface area contributed by atoms with Crippen molar-refractivity contribution in [2.75, 3.05) is 7.05 Å². The van der Waals surface area contributed by atoms with E-state index in [0.29, 0.717) is 0 Å². The van der Waals surface area contributed by atoms with Crippen LogP contribution in [0.3, 0.4) is 0 Å². The quantitative estimate of drug-likeness (QED) is 0.670. The van der Waals surface area contributed by atoms with Crippen LogP contribution in [0.5, 0.6) is 5.75 Å². The maximum absolute atomic E-state index is 13.2. The lowest BCUT2D eigenvalue weighted by molar-refractivity contribution is -0.119. The molecule has 128 valence electrons. The number of halogens is 3. The molecular formula is C18H18F2INO2. The number of carbonyl (C=O) groups excluding carboxylic acids is 1. The molecule has 0 aliphatic carbocycles. The molecule has 0 atom stereocenters. The molecule has 0 aliphatic rings. The molecule has 0 radical (unpaired) electrons. The Bertz CT molecular complexity index is 735. The van der Waals surface area contributed by atoms with Gasteiger partial charge in [-0.05, 0) is 53.3 Å². The Balaban J connectivity index is 2.25. The summed E-state index contributed by atoms with van der Waals surface area (Å²) in [4.78, 5) is 11.6. The molecule has 2 aromatic rings. The molecule has 2 rings (SSSR count). The summed E-state index contributed by atoms with van der Waals surface area (Å²) in [5, 5.41) is 2.58. The number of hydrogen-bond acceptors (Lipinski definition) is 2. The van der Waals surface area contributed by atoms with E-state index in [1.54, 1.807) is 26.1 Å². The van der Waals surface area contributed by atoms with E-state index in [1.165, 1.54) is 6.07 Å². The zero-order valence-corrected chi connectivity index (χ0v) is 15.6.